The van der Waals surface area contributed by atoms with Crippen LogP contribution in [0.15, 0.2) is 5.51 Å². The van der Waals surface area contributed by atoms with Crippen molar-refractivity contribution >= 4 is 17.3 Å². The van der Waals surface area contributed by atoms with Crippen LogP contribution in [0.5, 0.6) is 0 Å². The number of nitrogens with zero attached hydrogens (tertiary/aromatic N) is 1. The maximum atomic E-state index is 12.3. The fourth-order valence-electron chi connectivity index (χ4n) is 3.26. The van der Waals surface area contributed by atoms with Crippen molar-refractivity contribution in [3.05, 3.63) is 16.1 Å². The van der Waals surface area contributed by atoms with Gasteiger partial charge in [-0.15, -0.1) is 0 Å². The molecule has 2 rings (SSSR count). The Balaban J connectivity index is 1.98. The lowest BCUT2D eigenvalue weighted by Gasteiger charge is -2.36. The summed E-state index contributed by atoms with van der Waals surface area (Å²) < 4.78 is 7.85. The van der Waals surface area contributed by atoms with Gasteiger partial charge in [-0.3, -0.25) is 0 Å². The third-order valence-electron chi connectivity index (χ3n) is 4.84. The standard InChI is InChI=1S/C17H28NO2S/c1-11(2)15-7-6-12(3)8-16(15)20-17(19)9-18-10-21-14(5)13(18)4/h10-12,15-16H,6-9H2,1-5H3/q+1/t12-,15+,16+/m1/s1. The molecule has 1 aromatic rings. The van der Waals surface area contributed by atoms with E-state index in [9.17, 15) is 4.79 Å². The van der Waals surface area contributed by atoms with Crippen LogP contribution in [-0.4, -0.2) is 12.1 Å². The van der Waals surface area contributed by atoms with E-state index in [1.54, 1.807) is 11.3 Å². The molecule has 0 bridgehead atoms. The van der Waals surface area contributed by atoms with Crippen LogP contribution in [0, 0.1) is 31.6 Å². The molecule has 0 aromatic carbocycles. The Kier molecular flexibility index (Phi) is 5.42. The van der Waals surface area contributed by atoms with Crippen molar-refractivity contribution in [2.45, 2.75) is 66.5 Å². The van der Waals surface area contributed by atoms with E-state index in [4.69, 9.17) is 4.74 Å². The third kappa shape index (κ3) is 4.06. The number of rotatable bonds is 4. The van der Waals surface area contributed by atoms with E-state index in [0.717, 1.165) is 12.1 Å². The van der Waals surface area contributed by atoms with Crippen molar-refractivity contribution in [1.29, 1.82) is 0 Å². The molecule has 1 aliphatic rings. The van der Waals surface area contributed by atoms with Crippen molar-refractivity contribution in [2.24, 2.45) is 17.8 Å². The number of ether oxygens (including phenoxy) is 1. The lowest BCUT2D eigenvalue weighted by molar-refractivity contribution is -0.687. The number of hydrogen-bond acceptors (Lipinski definition) is 3. The van der Waals surface area contributed by atoms with Gasteiger partial charge >= 0.3 is 5.97 Å². The van der Waals surface area contributed by atoms with Gasteiger partial charge in [-0.05, 0) is 37.5 Å². The van der Waals surface area contributed by atoms with Crippen molar-refractivity contribution < 1.29 is 14.1 Å². The van der Waals surface area contributed by atoms with Crippen LogP contribution in [0.25, 0.3) is 0 Å². The Hall–Kier alpha value is -0.900. The second-order valence-electron chi connectivity index (χ2n) is 6.85. The third-order valence-corrected chi connectivity index (χ3v) is 5.85. The highest BCUT2D eigenvalue weighted by atomic mass is 32.1. The van der Waals surface area contributed by atoms with E-state index in [2.05, 4.69) is 34.6 Å². The van der Waals surface area contributed by atoms with Crippen molar-refractivity contribution in [3.8, 4) is 0 Å². The molecule has 21 heavy (non-hydrogen) atoms. The topological polar surface area (TPSA) is 30.2 Å². The zero-order chi connectivity index (χ0) is 15.6. The maximum absolute atomic E-state index is 12.3. The highest BCUT2D eigenvalue weighted by Crippen LogP contribution is 2.35. The van der Waals surface area contributed by atoms with E-state index >= 15 is 0 Å². The second kappa shape index (κ2) is 6.91. The fraction of sp³-hybridized carbons (Fsp3) is 0.765. The van der Waals surface area contributed by atoms with Crippen LogP contribution in [-0.2, 0) is 16.1 Å². The molecule has 3 nitrogen and oxygen atoms in total. The molecule has 1 saturated carbocycles. The Morgan fingerprint density at radius 3 is 2.71 bits per heavy atom. The van der Waals surface area contributed by atoms with Gasteiger partial charge in [-0.2, -0.15) is 4.57 Å². The largest absolute Gasteiger partial charge is 0.457 e. The molecule has 118 valence electrons. The van der Waals surface area contributed by atoms with Crippen LogP contribution in [0.1, 0.15) is 50.6 Å². The molecule has 0 unspecified atom stereocenters. The molecule has 0 N–H and O–H groups in total. The van der Waals surface area contributed by atoms with E-state index in [-0.39, 0.29) is 12.1 Å². The molecule has 0 aliphatic heterocycles. The van der Waals surface area contributed by atoms with E-state index in [1.165, 1.54) is 17.7 Å². The first-order valence-electron chi connectivity index (χ1n) is 8.02. The molecule has 0 saturated heterocycles. The summed E-state index contributed by atoms with van der Waals surface area (Å²) in [7, 11) is 0. The molecule has 1 fully saturated rings. The number of aromatic nitrogens is 1. The van der Waals surface area contributed by atoms with Crippen LogP contribution in [0.4, 0.5) is 0 Å². The zero-order valence-electron chi connectivity index (χ0n) is 13.9. The summed E-state index contributed by atoms with van der Waals surface area (Å²) in [5, 5.41) is 0. The van der Waals surface area contributed by atoms with E-state index in [0.29, 0.717) is 24.3 Å². The lowest BCUT2D eigenvalue weighted by Crippen LogP contribution is -2.43. The molecular weight excluding hydrogens is 282 g/mol. The van der Waals surface area contributed by atoms with E-state index < -0.39 is 0 Å². The normalized spacial score (nSPS) is 26.1. The Morgan fingerprint density at radius 1 is 1.43 bits per heavy atom. The highest BCUT2D eigenvalue weighted by molar-refractivity contribution is 7.09. The van der Waals surface area contributed by atoms with Crippen LogP contribution in [0.2, 0.25) is 0 Å². The average Bonchev–Trinajstić information content (AvgIpc) is 2.70. The van der Waals surface area contributed by atoms with Gasteiger partial charge in [0, 0.05) is 6.92 Å². The van der Waals surface area contributed by atoms with Gasteiger partial charge < -0.3 is 4.74 Å². The first kappa shape index (κ1) is 16.5. The SMILES string of the molecule is Cc1sc[n+](CC(=O)O[C@H]2C[C@H](C)CC[C@H]2C(C)C)c1C. The summed E-state index contributed by atoms with van der Waals surface area (Å²) in [4.78, 5) is 13.5. The first-order valence-corrected chi connectivity index (χ1v) is 8.90. The van der Waals surface area contributed by atoms with Crippen molar-refractivity contribution in [3.63, 3.8) is 0 Å². The molecule has 1 aliphatic carbocycles. The quantitative estimate of drug-likeness (QED) is 0.627. The summed E-state index contributed by atoms with van der Waals surface area (Å²) in [6.07, 6.45) is 3.55. The summed E-state index contributed by atoms with van der Waals surface area (Å²) in [5.74, 6) is 1.66. The molecule has 1 heterocycles. The number of carbonyl (C=O) groups is 1. The number of esters is 1. The van der Waals surface area contributed by atoms with Crippen LogP contribution in [0.3, 0.4) is 0 Å². The van der Waals surface area contributed by atoms with Gasteiger partial charge in [0.15, 0.2) is 5.69 Å². The van der Waals surface area contributed by atoms with Gasteiger partial charge in [0.1, 0.15) is 6.10 Å². The fourth-order valence-corrected chi connectivity index (χ4v) is 4.07. The molecule has 3 atom stereocenters. The Labute approximate surface area is 132 Å². The number of aryl methyl sites for hydroxylation is 1. The van der Waals surface area contributed by atoms with Gasteiger partial charge in [0.2, 0.25) is 12.1 Å². The van der Waals surface area contributed by atoms with Gasteiger partial charge in [0.25, 0.3) is 0 Å². The van der Waals surface area contributed by atoms with Gasteiger partial charge in [0.05, 0.1) is 4.88 Å². The molecule has 4 heteroatoms. The summed E-state index contributed by atoms with van der Waals surface area (Å²) >= 11 is 1.68. The van der Waals surface area contributed by atoms with Crippen LogP contribution >= 0.6 is 11.3 Å². The smallest absolute Gasteiger partial charge is 0.373 e. The molecule has 0 spiro atoms. The second-order valence-corrected chi connectivity index (χ2v) is 7.91. The number of thiazole rings is 1. The molecule has 0 radical (unpaired) electrons. The predicted octanol–water partition coefficient (Wildman–Crippen LogP) is 3.66. The minimum Gasteiger partial charge on any atom is -0.457 e. The van der Waals surface area contributed by atoms with Crippen molar-refractivity contribution in [2.75, 3.05) is 0 Å². The minimum atomic E-state index is -0.0920. The number of hydrogen-bond donors (Lipinski definition) is 0. The average molecular weight is 310 g/mol. The maximum Gasteiger partial charge on any atom is 0.373 e. The molecule has 0 amide bonds. The van der Waals surface area contributed by atoms with Crippen molar-refractivity contribution in [1.82, 2.24) is 0 Å². The van der Waals surface area contributed by atoms with Gasteiger partial charge in [-0.1, -0.05) is 38.5 Å². The Bertz CT molecular complexity index is 495. The summed E-state index contributed by atoms with van der Waals surface area (Å²) in [5.41, 5.74) is 3.17. The highest BCUT2D eigenvalue weighted by Gasteiger charge is 2.34. The zero-order valence-corrected chi connectivity index (χ0v) is 14.7. The summed E-state index contributed by atoms with van der Waals surface area (Å²) in [6.45, 7) is 11.2. The number of carbonyl (C=O) groups excluding carboxylic acids is 1. The lowest BCUT2D eigenvalue weighted by atomic mass is 9.75. The van der Waals surface area contributed by atoms with Crippen LogP contribution < -0.4 is 4.57 Å². The van der Waals surface area contributed by atoms with Gasteiger partial charge in [-0.25, -0.2) is 4.79 Å². The molecular formula is C17H28NO2S+. The monoisotopic (exact) mass is 310 g/mol. The summed E-state index contributed by atoms with van der Waals surface area (Å²) in [6, 6.07) is 0. The first-order chi connectivity index (χ1) is 9.88. The minimum absolute atomic E-state index is 0.0920. The molecule has 1 aromatic heterocycles. The predicted molar refractivity (Wildman–Crippen MR) is 85.2 cm³/mol. The van der Waals surface area contributed by atoms with E-state index in [1.807, 2.05) is 10.1 Å². The Morgan fingerprint density at radius 2 is 2.14 bits per heavy atom.